The minimum atomic E-state index is -1.63. The lowest BCUT2D eigenvalue weighted by Crippen LogP contribution is -2.32. The van der Waals surface area contributed by atoms with Gasteiger partial charge in [0.1, 0.15) is 0 Å². The quantitative estimate of drug-likeness (QED) is 0.425. The number of likely N-dealkylation sites (N-methyl/N-ethyl adjacent to an activating group) is 1. The number of nitrogens with zero attached hydrogens (tertiary/aromatic N) is 3. The third-order valence-electron chi connectivity index (χ3n) is 8.23. The summed E-state index contributed by atoms with van der Waals surface area (Å²) in [5.41, 5.74) is 4.68. The van der Waals surface area contributed by atoms with Gasteiger partial charge in [-0.1, -0.05) is 0 Å². The molecule has 6 rings (SSSR count). The highest BCUT2D eigenvalue weighted by Crippen LogP contribution is 2.40. The lowest BCUT2D eigenvalue weighted by molar-refractivity contribution is 0.142. The molecule has 0 saturated carbocycles. The SMILES string of the molecule is CN1CCC2CN(Cc3cc4cc5c(cc4n3C)CCCc3c-5[nH]c(=O)c(OC(=O)O)c3O)CC21.Cl.Cl. The molecule has 0 bridgehead atoms. The van der Waals surface area contributed by atoms with Gasteiger partial charge in [0.2, 0.25) is 5.75 Å². The average Bonchev–Trinajstić information content (AvgIpc) is 3.42. The molecule has 2 aliphatic heterocycles. The van der Waals surface area contributed by atoms with Crippen LogP contribution >= 0.6 is 24.8 Å². The van der Waals surface area contributed by atoms with Crippen LogP contribution in [0.25, 0.3) is 22.2 Å². The molecule has 3 aromatic rings. The van der Waals surface area contributed by atoms with E-state index in [1.165, 1.54) is 18.7 Å². The Labute approximate surface area is 226 Å². The molecular weight excluding hydrogens is 519 g/mol. The molecule has 3 N–H and O–H groups in total. The second-order valence-electron chi connectivity index (χ2n) is 10.3. The Bertz CT molecular complexity index is 1420. The number of aryl methyl sites for hydroxylation is 2. The first-order valence-electron chi connectivity index (χ1n) is 12.2. The van der Waals surface area contributed by atoms with Crippen molar-refractivity contribution in [1.29, 1.82) is 0 Å². The fourth-order valence-electron chi connectivity index (χ4n) is 6.41. The summed E-state index contributed by atoms with van der Waals surface area (Å²) in [5.74, 6) is -0.192. The lowest BCUT2D eigenvalue weighted by atomic mass is 9.99. The normalized spacial score (nSPS) is 20.9. The fraction of sp³-hybridized carbons (Fsp3) is 0.462. The van der Waals surface area contributed by atoms with Gasteiger partial charge in [-0.2, -0.15) is 0 Å². The van der Waals surface area contributed by atoms with Crippen molar-refractivity contribution in [2.24, 2.45) is 13.0 Å². The molecule has 2 aromatic heterocycles. The predicted molar refractivity (Wildman–Crippen MR) is 146 cm³/mol. The average molecular weight is 551 g/mol. The van der Waals surface area contributed by atoms with Gasteiger partial charge in [0.25, 0.3) is 5.56 Å². The van der Waals surface area contributed by atoms with E-state index in [0.29, 0.717) is 23.7 Å². The Kier molecular flexibility index (Phi) is 7.54. The van der Waals surface area contributed by atoms with Gasteiger partial charge in [-0.3, -0.25) is 9.69 Å². The molecule has 2 unspecified atom stereocenters. The summed E-state index contributed by atoms with van der Waals surface area (Å²) in [6, 6.07) is 7.15. The number of nitrogens with one attached hydrogen (secondary N) is 1. The highest BCUT2D eigenvalue weighted by Gasteiger charge is 2.39. The number of halogens is 2. The van der Waals surface area contributed by atoms with Gasteiger partial charge in [-0.15, -0.1) is 24.8 Å². The van der Waals surface area contributed by atoms with Crippen molar-refractivity contribution >= 4 is 41.9 Å². The molecule has 0 radical (unpaired) electrons. The molecule has 1 aromatic carbocycles. The van der Waals surface area contributed by atoms with Gasteiger partial charge in [-0.05, 0) is 69.0 Å². The predicted octanol–water partition coefficient (Wildman–Crippen LogP) is 3.76. The number of pyridine rings is 1. The van der Waals surface area contributed by atoms with Crippen LogP contribution in [0.1, 0.15) is 29.7 Å². The van der Waals surface area contributed by atoms with Gasteiger partial charge in [-0.25, -0.2) is 4.79 Å². The topological polar surface area (TPSA) is 111 Å². The zero-order chi connectivity index (χ0) is 24.4. The van der Waals surface area contributed by atoms with E-state index >= 15 is 0 Å². The standard InChI is InChI=1S/C26H30N4O5.2ClH/c1-28-7-6-15-11-30(13-21(15)28)12-17-8-16-9-19-14(10-20(16)29(17)2)4-3-5-18-22(19)27-25(32)24(23(18)31)35-26(33)34;;/h8-10,15,21H,3-7,11-13H2,1-2H3,(H,33,34)(H2,27,31,32);2*1H. The number of carbonyl (C=O) groups is 1. The van der Waals surface area contributed by atoms with Gasteiger partial charge >= 0.3 is 6.16 Å². The van der Waals surface area contributed by atoms with Gasteiger partial charge in [0, 0.05) is 60.4 Å². The summed E-state index contributed by atoms with van der Waals surface area (Å²) < 4.78 is 6.84. The van der Waals surface area contributed by atoms with Gasteiger partial charge in [0.05, 0.1) is 5.69 Å². The van der Waals surface area contributed by atoms with E-state index in [0.717, 1.165) is 60.4 Å². The molecule has 1 aliphatic carbocycles. The van der Waals surface area contributed by atoms with E-state index in [2.05, 4.69) is 56.4 Å². The minimum Gasteiger partial charge on any atom is -0.504 e. The molecule has 0 spiro atoms. The molecular formula is C26H32Cl2N4O5. The Morgan fingerprint density at radius 3 is 2.68 bits per heavy atom. The summed E-state index contributed by atoms with van der Waals surface area (Å²) in [4.78, 5) is 31.4. The molecule has 11 heteroatoms. The Morgan fingerprint density at radius 1 is 1.16 bits per heavy atom. The second kappa shape index (κ2) is 10.2. The molecule has 200 valence electrons. The maximum absolute atomic E-state index is 12.6. The van der Waals surface area contributed by atoms with Crippen LogP contribution in [0.3, 0.4) is 0 Å². The van der Waals surface area contributed by atoms with Gasteiger partial charge < -0.3 is 29.4 Å². The smallest absolute Gasteiger partial charge is 0.504 e. The van der Waals surface area contributed by atoms with Crippen LogP contribution < -0.4 is 10.3 Å². The molecule has 4 heterocycles. The lowest BCUT2D eigenvalue weighted by Gasteiger charge is -2.20. The van der Waals surface area contributed by atoms with Crippen LogP contribution in [0.15, 0.2) is 23.0 Å². The zero-order valence-corrected chi connectivity index (χ0v) is 22.5. The highest BCUT2D eigenvalue weighted by molar-refractivity contribution is 5.89. The van der Waals surface area contributed by atoms with E-state index in [1.807, 2.05) is 0 Å². The number of ether oxygens (including phenoxy) is 1. The van der Waals surface area contributed by atoms with Crippen LogP contribution in [0.5, 0.6) is 11.5 Å². The largest absolute Gasteiger partial charge is 0.511 e. The van der Waals surface area contributed by atoms with Crippen LogP contribution in [-0.4, -0.2) is 68.4 Å². The van der Waals surface area contributed by atoms with E-state index in [1.54, 1.807) is 0 Å². The summed E-state index contributed by atoms with van der Waals surface area (Å²) in [6.07, 6.45) is 1.71. The van der Waals surface area contributed by atoms with Gasteiger partial charge in [0.15, 0.2) is 5.75 Å². The van der Waals surface area contributed by atoms with Crippen molar-refractivity contribution < 1.29 is 19.7 Å². The zero-order valence-electron chi connectivity index (χ0n) is 20.8. The number of fused-ring (bicyclic) bond motifs is 5. The molecule has 2 fully saturated rings. The number of likely N-dealkylation sites (tertiary alicyclic amines) is 2. The number of hydrogen-bond donors (Lipinski definition) is 3. The van der Waals surface area contributed by atoms with E-state index in [4.69, 9.17) is 5.11 Å². The summed E-state index contributed by atoms with van der Waals surface area (Å²) >= 11 is 0. The number of aromatic nitrogens is 2. The Balaban J connectivity index is 0.00000160. The number of aromatic amines is 1. The Hall–Kier alpha value is -2.72. The van der Waals surface area contributed by atoms with Crippen LogP contribution in [0, 0.1) is 5.92 Å². The van der Waals surface area contributed by atoms with Crippen molar-refractivity contribution in [3.05, 3.63) is 45.4 Å². The maximum atomic E-state index is 12.6. The molecule has 9 nitrogen and oxygen atoms in total. The van der Waals surface area contributed by atoms with E-state index < -0.39 is 23.2 Å². The van der Waals surface area contributed by atoms with Crippen molar-refractivity contribution in [3.8, 4) is 22.8 Å². The number of rotatable bonds is 3. The first-order chi connectivity index (χ1) is 16.8. The number of carboxylic acid groups (broad SMARTS) is 1. The van der Waals surface area contributed by atoms with E-state index in [-0.39, 0.29) is 24.8 Å². The molecule has 0 amide bonds. The van der Waals surface area contributed by atoms with Crippen molar-refractivity contribution in [1.82, 2.24) is 19.4 Å². The Morgan fingerprint density at radius 2 is 1.95 bits per heavy atom. The summed E-state index contributed by atoms with van der Waals surface area (Å²) in [7, 11) is 4.34. The van der Waals surface area contributed by atoms with E-state index in [9.17, 15) is 14.7 Å². The van der Waals surface area contributed by atoms with Crippen molar-refractivity contribution in [3.63, 3.8) is 0 Å². The molecule has 2 saturated heterocycles. The third-order valence-corrected chi connectivity index (χ3v) is 8.23. The number of benzene rings is 1. The monoisotopic (exact) mass is 550 g/mol. The number of hydrogen-bond acceptors (Lipinski definition) is 6. The number of aromatic hydroxyl groups is 1. The molecule has 3 aliphatic rings. The maximum Gasteiger partial charge on any atom is 0.511 e. The molecule has 2 atom stereocenters. The first kappa shape index (κ1) is 27.3. The molecule has 37 heavy (non-hydrogen) atoms. The van der Waals surface area contributed by atoms with Crippen LogP contribution in [0.2, 0.25) is 0 Å². The third kappa shape index (κ3) is 4.58. The highest BCUT2D eigenvalue weighted by atomic mass is 35.5. The van der Waals surface area contributed by atoms with Crippen molar-refractivity contribution in [2.75, 3.05) is 26.7 Å². The summed E-state index contributed by atoms with van der Waals surface area (Å²) in [5, 5.41) is 20.7. The summed E-state index contributed by atoms with van der Waals surface area (Å²) in [6.45, 7) is 4.35. The van der Waals surface area contributed by atoms with Crippen molar-refractivity contribution in [2.45, 2.75) is 38.3 Å². The fourth-order valence-corrected chi connectivity index (χ4v) is 6.41. The number of H-pyrrole nitrogens is 1. The minimum absolute atomic E-state index is 0. The van der Waals surface area contributed by atoms with Crippen LogP contribution in [-0.2, 0) is 26.4 Å². The second-order valence-corrected chi connectivity index (χ2v) is 10.3. The van der Waals surface area contributed by atoms with Crippen LogP contribution in [0.4, 0.5) is 4.79 Å². The first-order valence-corrected chi connectivity index (χ1v) is 12.2.